The quantitative estimate of drug-likeness (QED) is 0.637. The third-order valence-electron chi connectivity index (χ3n) is 7.15. The van der Waals surface area contributed by atoms with Crippen LogP contribution in [0, 0.1) is 19.8 Å². The Balaban J connectivity index is 1.46. The number of hydrogen-bond donors (Lipinski definition) is 1. The number of carbonyl (C=O) groups is 2. The molecule has 178 valence electrons. The first-order valence-corrected chi connectivity index (χ1v) is 12.3. The summed E-state index contributed by atoms with van der Waals surface area (Å²) in [6.07, 6.45) is 2.96. The number of amides is 2. The zero-order valence-corrected chi connectivity index (χ0v) is 20.7. The molecule has 0 saturated carbocycles. The Morgan fingerprint density at radius 1 is 1.12 bits per heavy atom. The van der Waals surface area contributed by atoms with Crippen LogP contribution in [0.5, 0.6) is 0 Å². The number of likely N-dealkylation sites (tertiary alicyclic amines) is 1. The van der Waals surface area contributed by atoms with Gasteiger partial charge in [0.05, 0.1) is 0 Å². The fourth-order valence-electron chi connectivity index (χ4n) is 4.89. The van der Waals surface area contributed by atoms with E-state index in [0.717, 1.165) is 45.6 Å². The van der Waals surface area contributed by atoms with Crippen LogP contribution in [0.1, 0.15) is 57.6 Å². The van der Waals surface area contributed by atoms with Crippen molar-refractivity contribution in [2.45, 2.75) is 65.8 Å². The summed E-state index contributed by atoms with van der Waals surface area (Å²) < 4.78 is 0. The second-order valence-electron chi connectivity index (χ2n) is 10.2. The van der Waals surface area contributed by atoms with Crippen molar-refractivity contribution in [1.82, 2.24) is 15.1 Å². The van der Waals surface area contributed by atoms with Crippen LogP contribution in [0.3, 0.4) is 0 Å². The Bertz CT molecular complexity index is 801. The number of nitrogens with one attached hydrogen (secondary N) is 1. The van der Waals surface area contributed by atoms with Gasteiger partial charge in [-0.1, -0.05) is 26.0 Å². The number of piperazine rings is 1. The maximum atomic E-state index is 12.9. The Morgan fingerprint density at radius 2 is 1.84 bits per heavy atom. The lowest BCUT2D eigenvalue weighted by molar-refractivity contribution is -0.140. The zero-order valence-electron chi connectivity index (χ0n) is 20.7. The highest BCUT2D eigenvalue weighted by atomic mass is 16.2. The normalized spacial score (nSPS) is 22.1. The molecule has 0 bridgehead atoms. The first-order chi connectivity index (χ1) is 15.2. The summed E-state index contributed by atoms with van der Waals surface area (Å²) in [6.45, 7) is 17.0. The lowest BCUT2D eigenvalue weighted by atomic mass is 9.97. The molecule has 0 aliphatic carbocycles. The average molecular weight is 443 g/mol. The van der Waals surface area contributed by atoms with E-state index in [4.69, 9.17) is 0 Å². The van der Waals surface area contributed by atoms with Gasteiger partial charge in [-0.2, -0.15) is 0 Å². The van der Waals surface area contributed by atoms with Gasteiger partial charge < -0.3 is 15.1 Å². The van der Waals surface area contributed by atoms with Crippen molar-refractivity contribution in [3.8, 4) is 0 Å². The molecule has 2 heterocycles. The standard InChI is InChI=1S/C26H42N4O2/c1-20(2)10-12-27-25(32)26(5)11-9-24(31)30(26)14-6-13-28-15-17-29(18-16-28)23-19-21(3)7-8-22(23)4/h7-8,19-20H,6,9-18H2,1-5H3,(H,27,32). The molecule has 0 radical (unpaired) electrons. The molecule has 1 aromatic carbocycles. The van der Waals surface area contributed by atoms with Crippen molar-refractivity contribution in [2.24, 2.45) is 5.92 Å². The molecule has 0 aromatic heterocycles. The van der Waals surface area contributed by atoms with E-state index in [-0.39, 0.29) is 11.8 Å². The summed E-state index contributed by atoms with van der Waals surface area (Å²) in [6, 6.07) is 6.67. The predicted octanol–water partition coefficient (Wildman–Crippen LogP) is 3.36. The number of benzene rings is 1. The largest absolute Gasteiger partial charge is 0.369 e. The summed E-state index contributed by atoms with van der Waals surface area (Å²) in [4.78, 5) is 32.2. The monoisotopic (exact) mass is 442 g/mol. The second-order valence-corrected chi connectivity index (χ2v) is 10.2. The minimum atomic E-state index is -0.699. The zero-order chi connectivity index (χ0) is 23.3. The van der Waals surface area contributed by atoms with Gasteiger partial charge in [-0.3, -0.25) is 14.5 Å². The van der Waals surface area contributed by atoms with Gasteiger partial charge in [0.1, 0.15) is 5.54 Å². The van der Waals surface area contributed by atoms with Crippen LogP contribution in [-0.4, -0.2) is 73.0 Å². The van der Waals surface area contributed by atoms with Gasteiger partial charge in [-0.15, -0.1) is 0 Å². The van der Waals surface area contributed by atoms with Crippen molar-refractivity contribution < 1.29 is 9.59 Å². The van der Waals surface area contributed by atoms with E-state index in [0.29, 0.717) is 31.8 Å². The Morgan fingerprint density at radius 3 is 2.53 bits per heavy atom. The lowest BCUT2D eigenvalue weighted by Gasteiger charge is -2.38. The fraction of sp³-hybridized carbons (Fsp3) is 0.692. The molecular formula is C26H42N4O2. The first kappa shape index (κ1) is 24.6. The van der Waals surface area contributed by atoms with Crippen LogP contribution >= 0.6 is 0 Å². The molecule has 2 amide bonds. The van der Waals surface area contributed by atoms with Crippen LogP contribution in [0.15, 0.2) is 18.2 Å². The molecule has 32 heavy (non-hydrogen) atoms. The molecular weight excluding hydrogens is 400 g/mol. The highest BCUT2D eigenvalue weighted by molar-refractivity contribution is 5.94. The lowest BCUT2D eigenvalue weighted by Crippen LogP contribution is -2.55. The van der Waals surface area contributed by atoms with Gasteiger partial charge in [-0.25, -0.2) is 0 Å². The first-order valence-electron chi connectivity index (χ1n) is 12.3. The van der Waals surface area contributed by atoms with Gasteiger partial charge in [0.15, 0.2) is 0 Å². The number of nitrogens with zero attached hydrogens (tertiary/aromatic N) is 3. The maximum Gasteiger partial charge on any atom is 0.245 e. The molecule has 1 aromatic rings. The molecule has 1 unspecified atom stereocenters. The number of anilines is 1. The van der Waals surface area contributed by atoms with Crippen LogP contribution < -0.4 is 10.2 Å². The predicted molar refractivity (Wildman–Crippen MR) is 131 cm³/mol. The van der Waals surface area contributed by atoms with Gasteiger partial charge in [-0.05, 0) is 69.7 Å². The number of aryl methyl sites for hydroxylation is 2. The second kappa shape index (κ2) is 10.7. The van der Waals surface area contributed by atoms with Gasteiger partial charge >= 0.3 is 0 Å². The van der Waals surface area contributed by atoms with Crippen molar-refractivity contribution in [3.05, 3.63) is 29.3 Å². The maximum absolute atomic E-state index is 12.9. The van der Waals surface area contributed by atoms with E-state index in [2.05, 4.69) is 61.0 Å². The van der Waals surface area contributed by atoms with E-state index in [1.54, 1.807) is 0 Å². The molecule has 1 N–H and O–H groups in total. The van der Waals surface area contributed by atoms with Crippen molar-refractivity contribution >= 4 is 17.5 Å². The van der Waals surface area contributed by atoms with Gasteiger partial charge in [0.2, 0.25) is 11.8 Å². The molecule has 2 fully saturated rings. The highest BCUT2D eigenvalue weighted by Gasteiger charge is 2.46. The molecule has 2 aliphatic rings. The van der Waals surface area contributed by atoms with Crippen LogP contribution in [0.4, 0.5) is 5.69 Å². The van der Waals surface area contributed by atoms with Crippen molar-refractivity contribution in [3.63, 3.8) is 0 Å². The smallest absolute Gasteiger partial charge is 0.245 e. The summed E-state index contributed by atoms with van der Waals surface area (Å²) in [5.41, 5.74) is 3.30. The Labute approximate surface area is 194 Å². The summed E-state index contributed by atoms with van der Waals surface area (Å²) in [5, 5.41) is 3.07. The van der Waals surface area contributed by atoms with Gasteiger partial charge in [0.25, 0.3) is 0 Å². The Hall–Kier alpha value is -2.08. The summed E-state index contributed by atoms with van der Waals surface area (Å²) in [7, 11) is 0. The highest BCUT2D eigenvalue weighted by Crippen LogP contribution is 2.30. The third kappa shape index (κ3) is 5.83. The van der Waals surface area contributed by atoms with Crippen molar-refractivity contribution in [2.75, 3.05) is 50.7 Å². The number of hydrogen-bond acceptors (Lipinski definition) is 4. The number of rotatable bonds is 9. The molecule has 3 rings (SSSR count). The molecule has 6 nitrogen and oxygen atoms in total. The number of carbonyl (C=O) groups excluding carboxylic acids is 2. The van der Waals surface area contributed by atoms with E-state index in [1.165, 1.54) is 16.8 Å². The third-order valence-corrected chi connectivity index (χ3v) is 7.15. The fourth-order valence-corrected chi connectivity index (χ4v) is 4.89. The average Bonchev–Trinajstić information content (AvgIpc) is 3.05. The van der Waals surface area contributed by atoms with E-state index in [9.17, 15) is 9.59 Å². The Kier molecular flexibility index (Phi) is 8.21. The summed E-state index contributed by atoms with van der Waals surface area (Å²) >= 11 is 0. The van der Waals surface area contributed by atoms with Crippen LogP contribution in [0.25, 0.3) is 0 Å². The minimum absolute atomic E-state index is 0.00568. The molecule has 2 aliphatic heterocycles. The van der Waals surface area contributed by atoms with Crippen LogP contribution in [0.2, 0.25) is 0 Å². The minimum Gasteiger partial charge on any atom is -0.369 e. The van der Waals surface area contributed by atoms with E-state index >= 15 is 0 Å². The topological polar surface area (TPSA) is 55.9 Å². The van der Waals surface area contributed by atoms with Crippen LogP contribution in [-0.2, 0) is 9.59 Å². The van der Waals surface area contributed by atoms with E-state index in [1.807, 2.05) is 11.8 Å². The molecule has 0 spiro atoms. The molecule has 6 heteroatoms. The van der Waals surface area contributed by atoms with Crippen molar-refractivity contribution in [1.29, 1.82) is 0 Å². The van der Waals surface area contributed by atoms with Gasteiger partial charge in [0, 0.05) is 51.4 Å². The van der Waals surface area contributed by atoms with E-state index < -0.39 is 5.54 Å². The molecule has 1 atom stereocenters. The molecule has 2 saturated heterocycles. The summed E-state index contributed by atoms with van der Waals surface area (Å²) in [5.74, 6) is 0.678. The SMILES string of the molecule is Cc1ccc(C)c(N2CCN(CCCN3C(=O)CCC3(C)C(=O)NCCC(C)C)CC2)c1.